The minimum atomic E-state index is -0.341. The summed E-state index contributed by atoms with van der Waals surface area (Å²) in [5, 5.41) is 8.03. The number of esters is 1. The van der Waals surface area contributed by atoms with Gasteiger partial charge in [-0.2, -0.15) is 5.10 Å². The van der Waals surface area contributed by atoms with E-state index < -0.39 is 0 Å². The molecule has 0 atom stereocenters. The van der Waals surface area contributed by atoms with Crippen molar-refractivity contribution in [1.82, 2.24) is 15.1 Å². The molecule has 0 fully saturated rings. The Bertz CT molecular complexity index is 668. The van der Waals surface area contributed by atoms with Gasteiger partial charge >= 0.3 is 5.97 Å². The zero-order valence-electron chi connectivity index (χ0n) is 13.4. The zero-order valence-corrected chi connectivity index (χ0v) is 13.4. The lowest BCUT2D eigenvalue weighted by Crippen LogP contribution is -2.37. The first-order valence-electron chi connectivity index (χ1n) is 7.41. The minimum absolute atomic E-state index is 0.0830. The molecule has 0 bridgehead atoms. The second-order valence-electron chi connectivity index (χ2n) is 5.10. The number of hydrogen-bond donors (Lipinski definition) is 1. The van der Waals surface area contributed by atoms with E-state index in [1.807, 2.05) is 24.3 Å². The number of H-pyrrole nitrogens is 1. The van der Waals surface area contributed by atoms with Gasteiger partial charge in [-0.1, -0.05) is 18.2 Å². The maximum atomic E-state index is 12.5. The molecular weight excluding hydrogens is 298 g/mol. The third-order valence-electron chi connectivity index (χ3n) is 3.60. The van der Waals surface area contributed by atoms with Gasteiger partial charge < -0.3 is 14.4 Å². The molecular formula is C16H21N3O4. The van der Waals surface area contributed by atoms with Gasteiger partial charge in [0.05, 0.1) is 37.8 Å². The van der Waals surface area contributed by atoms with E-state index >= 15 is 0 Å². The Hall–Kier alpha value is -2.41. The molecule has 0 aliphatic carbocycles. The molecule has 124 valence electrons. The second-order valence-corrected chi connectivity index (χ2v) is 5.10. The number of methoxy groups -OCH3 is 2. The maximum Gasteiger partial charge on any atom is 0.307 e. The number of nitrogens with zero attached hydrogens (tertiary/aromatic N) is 2. The number of ether oxygens (including phenoxy) is 2. The van der Waals surface area contributed by atoms with Crippen molar-refractivity contribution in [2.24, 2.45) is 0 Å². The summed E-state index contributed by atoms with van der Waals surface area (Å²) in [6.45, 7) is 1.15. The number of aromatic amines is 1. The standard InChI is InChI=1S/C16H21N3O4/c1-22-10-9-19(8-7-16(21)23-2)15(20)11-14-12-5-3-4-6-13(12)17-18-14/h3-6H,7-11H2,1-2H3,(H,17,18). The van der Waals surface area contributed by atoms with Crippen molar-refractivity contribution >= 4 is 22.8 Å². The predicted octanol–water partition coefficient (Wildman–Crippen LogP) is 1.14. The normalized spacial score (nSPS) is 10.7. The highest BCUT2D eigenvalue weighted by molar-refractivity contribution is 5.87. The molecule has 0 saturated carbocycles. The van der Waals surface area contributed by atoms with Crippen LogP contribution in [0.5, 0.6) is 0 Å². The molecule has 0 unspecified atom stereocenters. The van der Waals surface area contributed by atoms with Crippen LogP contribution in [0.4, 0.5) is 0 Å². The highest BCUT2D eigenvalue weighted by Crippen LogP contribution is 2.16. The van der Waals surface area contributed by atoms with Crippen molar-refractivity contribution < 1.29 is 19.1 Å². The molecule has 0 saturated heterocycles. The summed E-state index contributed by atoms with van der Waals surface area (Å²) < 4.78 is 9.65. The minimum Gasteiger partial charge on any atom is -0.469 e. The van der Waals surface area contributed by atoms with E-state index in [9.17, 15) is 9.59 Å². The number of aromatic nitrogens is 2. The lowest BCUT2D eigenvalue weighted by Gasteiger charge is -2.21. The number of nitrogens with one attached hydrogen (secondary N) is 1. The highest BCUT2D eigenvalue weighted by Gasteiger charge is 2.17. The van der Waals surface area contributed by atoms with Crippen LogP contribution in [-0.4, -0.2) is 60.9 Å². The molecule has 0 aliphatic rings. The highest BCUT2D eigenvalue weighted by atomic mass is 16.5. The van der Waals surface area contributed by atoms with Gasteiger partial charge in [-0.05, 0) is 6.07 Å². The molecule has 1 amide bonds. The van der Waals surface area contributed by atoms with Crippen LogP contribution in [0.15, 0.2) is 24.3 Å². The Labute approximate surface area is 134 Å². The predicted molar refractivity (Wildman–Crippen MR) is 84.9 cm³/mol. The SMILES string of the molecule is COCCN(CCC(=O)OC)C(=O)Cc1[nH]nc2ccccc12. The summed E-state index contributed by atoms with van der Waals surface area (Å²) in [4.78, 5) is 25.4. The average Bonchev–Trinajstić information content (AvgIpc) is 2.97. The summed E-state index contributed by atoms with van der Waals surface area (Å²) in [6.07, 6.45) is 0.362. The first-order chi connectivity index (χ1) is 11.2. The Morgan fingerprint density at radius 3 is 2.74 bits per heavy atom. The van der Waals surface area contributed by atoms with Crippen LogP contribution in [0, 0.1) is 0 Å². The van der Waals surface area contributed by atoms with E-state index in [-0.39, 0.29) is 24.7 Å². The van der Waals surface area contributed by atoms with Crippen molar-refractivity contribution in [2.75, 3.05) is 33.9 Å². The summed E-state index contributed by atoms with van der Waals surface area (Å²) in [6, 6.07) is 7.62. The average molecular weight is 319 g/mol. The molecule has 1 aromatic carbocycles. The molecule has 7 heteroatoms. The molecule has 7 nitrogen and oxygen atoms in total. The van der Waals surface area contributed by atoms with Gasteiger partial charge in [-0.3, -0.25) is 14.7 Å². The van der Waals surface area contributed by atoms with E-state index in [4.69, 9.17) is 4.74 Å². The van der Waals surface area contributed by atoms with Gasteiger partial charge in [-0.25, -0.2) is 0 Å². The van der Waals surface area contributed by atoms with Gasteiger partial charge in [0.2, 0.25) is 5.91 Å². The van der Waals surface area contributed by atoms with Gasteiger partial charge in [0.25, 0.3) is 0 Å². The Kier molecular flexibility index (Phi) is 6.10. The van der Waals surface area contributed by atoms with Crippen molar-refractivity contribution in [3.05, 3.63) is 30.0 Å². The van der Waals surface area contributed by atoms with Crippen LogP contribution >= 0.6 is 0 Å². The maximum absolute atomic E-state index is 12.5. The topological polar surface area (TPSA) is 84.5 Å². The summed E-state index contributed by atoms with van der Waals surface area (Å²) in [7, 11) is 2.91. The number of hydrogen-bond acceptors (Lipinski definition) is 5. The number of carbonyl (C=O) groups is 2. The summed E-state index contributed by atoms with van der Waals surface area (Å²) in [5.74, 6) is -0.424. The summed E-state index contributed by atoms with van der Waals surface area (Å²) >= 11 is 0. The third-order valence-corrected chi connectivity index (χ3v) is 3.60. The number of para-hydroxylation sites is 1. The molecule has 23 heavy (non-hydrogen) atoms. The van der Waals surface area contributed by atoms with E-state index in [0.29, 0.717) is 19.7 Å². The molecule has 2 rings (SSSR count). The number of amides is 1. The van der Waals surface area contributed by atoms with Crippen LogP contribution in [0.1, 0.15) is 12.1 Å². The first-order valence-corrected chi connectivity index (χ1v) is 7.41. The van der Waals surface area contributed by atoms with Gasteiger partial charge in [0.15, 0.2) is 0 Å². The van der Waals surface area contributed by atoms with Crippen LogP contribution < -0.4 is 0 Å². The van der Waals surface area contributed by atoms with Crippen molar-refractivity contribution in [1.29, 1.82) is 0 Å². The van der Waals surface area contributed by atoms with Crippen LogP contribution in [0.25, 0.3) is 10.9 Å². The molecule has 1 aromatic heterocycles. The van der Waals surface area contributed by atoms with E-state index in [1.54, 1.807) is 12.0 Å². The molecule has 0 radical (unpaired) electrons. The Morgan fingerprint density at radius 2 is 2.00 bits per heavy atom. The fourth-order valence-corrected chi connectivity index (χ4v) is 2.30. The Morgan fingerprint density at radius 1 is 1.22 bits per heavy atom. The van der Waals surface area contributed by atoms with Crippen LogP contribution in [0.3, 0.4) is 0 Å². The van der Waals surface area contributed by atoms with Gasteiger partial charge in [0, 0.05) is 25.6 Å². The smallest absolute Gasteiger partial charge is 0.307 e. The van der Waals surface area contributed by atoms with E-state index in [2.05, 4.69) is 14.9 Å². The monoisotopic (exact) mass is 319 g/mol. The zero-order chi connectivity index (χ0) is 16.7. The Balaban J connectivity index is 2.05. The van der Waals surface area contributed by atoms with Crippen molar-refractivity contribution in [2.45, 2.75) is 12.8 Å². The fourth-order valence-electron chi connectivity index (χ4n) is 2.30. The lowest BCUT2D eigenvalue weighted by atomic mass is 10.1. The third kappa shape index (κ3) is 4.53. The number of rotatable bonds is 8. The number of benzene rings is 1. The molecule has 0 spiro atoms. The van der Waals surface area contributed by atoms with E-state index in [1.165, 1.54) is 7.11 Å². The quantitative estimate of drug-likeness (QED) is 0.738. The number of fused-ring (bicyclic) bond motifs is 1. The summed E-state index contributed by atoms with van der Waals surface area (Å²) in [5.41, 5.74) is 1.60. The van der Waals surface area contributed by atoms with Crippen LogP contribution in [0.2, 0.25) is 0 Å². The number of carbonyl (C=O) groups excluding carboxylic acids is 2. The lowest BCUT2D eigenvalue weighted by molar-refractivity contribution is -0.141. The van der Waals surface area contributed by atoms with Crippen molar-refractivity contribution in [3.8, 4) is 0 Å². The molecule has 1 heterocycles. The fraction of sp³-hybridized carbons (Fsp3) is 0.438. The van der Waals surface area contributed by atoms with E-state index in [0.717, 1.165) is 16.6 Å². The van der Waals surface area contributed by atoms with Crippen LogP contribution in [-0.2, 0) is 25.5 Å². The molecule has 2 aromatic rings. The molecule has 1 N–H and O–H groups in total. The van der Waals surface area contributed by atoms with Crippen molar-refractivity contribution in [3.63, 3.8) is 0 Å². The van der Waals surface area contributed by atoms with Gasteiger partial charge in [0.1, 0.15) is 0 Å². The second kappa shape index (κ2) is 8.28. The van der Waals surface area contributed by atoms with Gasteiger partial charge in [-0.15, -0.1) is 0 Å². The first kappa shape index (κ1) is 17.0. The molecule has 0 aliphatic heterocycles. The largest absolute Gasteiger partial charge is 0.469 e.